The molecular formula is C20H32. The van der Waals surface area contributed by atoms with Crippen LogP contribution in [-0.2, 0) is 0 Å². The van der Waals surface area contributed by atoms with Crippen molar-refractivity contribution in [2.45, 2.75) is 89.9 Å². The second-order valence-corrected chi connectivity index (χ2v) is 8.20. The molecule has 0 heteroatoms. The van der Waals surface area contributed by atoms with E-state index in [2.05, 4.69) is 0 Å². The average Bonchev–Trinajstić information content (AvgIpc) is 2.60. The average molecular weight is 272 g/mol. The van der Waals surface area contributed by atoms with Gasteiger partial charge in [-0.05, 0) is 81.5 Å². The lowest BCUT2D eigenvalue weighted by Gasteiger charge is -2.41. The van der Waals surface area contributed by atoms with Crippen LogP contribution in [0.3, 0.4) is 0 Å². The number of hydrogen-bond acceptors (Lipinski definition) is 0. The molecule has 0 aromatic heterocycles. The summed E-state index contributed by atoms with van der Waals surface area (Å²) in [5.74, 6) is 4.15. The second-order valence-electron chi connectivity index (χ2n) is 8.20. The summed E-state index contributed by atoms with van der Waals surface area (Å²) in [7, 11) is 0. The maximum absolute atomic E-state index is 2.05. The van der Waals surface area contributed by atoms with Crippen molar-refractivity contribution in [1.82, 2.24) is 0 Å². The first-order valence-corrected chi connectivity index (χ1v) is 9.64. The van der Waals surface area contributed by atoms with Gasteiger partial charge in [0.05, 0.1) is 0 Å². The summed E-state index contributed by atoms with van der Waals surface area (Å²) < 4.78 is 0. The maximum Gasteiger partial charge on any atom is -0.0198 e. The molecule has 0 spiro atoms. The van der Waals surface area contributed by atoms with Crippen LogP contribution in [0, 0.1) is 23.7 Å². The second kappa shape index (κ2) is 5.85. The molecule has 0 saturated heterocycles. The van der Waals surface area contributed by atoms with Crippen molar-refractivity contribution in [3.05, 3.63) is 11.1 Å². The Kier molecular flexibility index (Phi) is 3.92. The van der Waals surface area contributed by atoms with Gasteiger partial charge in [0.1, 0.15) is 0 Å². The van der Waals surface area contributed by atoms with Crippen LogP contribution < -0.4 is 0 Å². The van der Waals surface area contributed by atoms with Crippen molar-refractivity contribution in [1.29, 1.82) is 0 Å². The molecule has 4 rings (SSSR count). The van der Waals surface area contributed by atoms with Crippen molar-refractivity contribution < 1.29 is 0 Å². The molecule has 0 aliphatic heterocycles. The predicted molar refractivity (Wildman–Crippen MR) is 85.6 cm³/mol. The Labute approximate surface area is 125 Å². The van der Waals surface area contributed by atoms with Crippen molar-refractivity contribution in [2.75, 3.05) is 0 Å². The lowest BCUT2D eigenvalue weighted by atomic mass is 9.64. The first kappa shape index (κ1) is 13.4. The number of fused-ring (bicyclic) bond motifs is 5. The zero-order valence-electron chi connectivity index (χ0n) is 13.2. The molecule has 112 valence electrons. The lowest BCUT2D eigenvalue weighted by Crippen LogP contribution is -2.27. The molecule has 4 aliphatic carbocycles. The molecule has 0 radical (unpaired) electrons. The van der Waals surface area contributed by atoms with E-state index < -0.39 is 0 Å². The van der Waals surface area contributed by atoms with E-state index in [0.717, 1.165) is 23.7 Å². The molecule has 0 heterocycles. The van der Waals surface area contributed by atoms with E-state index in [1.807, 2.05) is 11.1 Å². The molecule has 2 unspecified atom stereocenters. The third-order valence-corrected chi connectivity index (χ3v) is 7.10. The first-order chi connectivity index (χ1) is 9.92. The van der Waals surface area contributed by atoms with Gasteiger partial charge in [0.25, 0.3) is 0 Å². The minimum absolute atomic E-state index is 1.01. The van der Waals surface area contributed by atoms with E-state index in [1.165, 1.54) is 64.2 Å². The minimum Gasteiger partial charge on any atom is -0.0673 e. The van der Waals surface area contributed by atoms with Crippen LogP contribution >= 0.6 is 0 Å². The van der Waals surface area contributed by atoms with Gasteiger partial charge in [-0.2, -0.15) is 0 Å². The summed E-state index contributed by atoms with van der Waals surface area (Å²) in [6.07, 6.45) is 21.4. The van der Waals surface area contributed by atoms with Crippen LogP contribution in [0.15, 0.2) is 11.1 Å². The third kappa shape index (κ3) is 2.48. The van der Waals surface area contributed by atoms with Gasteiger partial charge in [0.15, 0.2) is 0 Å². The van der Waals surface area contributed by atoms with Crippen molar-refractivity contribution in [2.24, 2.45) is 23.7 Å². The van der Waals surface area contributed by atoms with Gasteiger partial charge in [-0.25, -0.2) is 0 Å². The van der Waals surface area contributed by atoms with Crippen LogP contribution in [0.4, 0.5) is 0 Å². The zero-order valence-corrected chi connectivity index (χ0v) is 13.2. The summed E-state index contributed by atoms with van der Waals surface area (Å²) >= 11 is 0. The molecule has 20 heavy (non-hydrogen) atoms. The highest BCUT2D eigenvalue weighted by Crippen LogP contribution is 2.50. The highest BCUT2D eigenvalue weighted by Gasteiger charge is 2.35. The van der Waals surface area contributed by atoms with Crippen LogP contribution in [0.5, 0.6) is 0 Å². The van der Waals surface area contributed by atoms with Gasteiger partial charge in [-0.3, -0.25) is 0 Å². The number of allylic oxidation sites excluding steroid dienone is 2. The van der Waals surface area contributed by atoms with Gasteiger partial charge >= 0.3 is 0 Å². The number of hydrogen-bond donors (Lipinski definition) is 0. The van der Waals surface area contributed by atoms with Gasteiger partial charge in [0, 0.05) is 0 Å². The predicted octanol–water partition coefficient (Wildman–Crippen LogP) is 6.26. The Hall–Kier alpha value is -0.260. The van der Waals surface area contributed by atoms with Crippen molar-refractivity contribution >= 4 is 0 Å². The van der Waals surface area contributed by atoms with E-state index >= 15 is 0 Å². The fourth-order valence-electron chi connectivity index (χ4n) is 6.17. The Balaban J connectivity index is 1.68. The molecule has 4 saturated carbocycles. The molecular weight excluding hydrogens is 240 g/mol. The lowest BCUT2D eigenvalue weighted by molar-refractivity contribution is 0.265. The maximum atomic E-state index is 2.05. The van der Waals surface area contributed by atoms with Crippen LogP contribution in [0.25, 0.3) is 0 Å². The molecule has 4 fully saturated rings. The normalized spacial score (nSPS) is 42.0. The molecule has 4 aliphatic rings. The van der Waals surface area contributed by atoms with Gasteiger partial charge in [-0.15, -0.1) is 0 Å². The quantitative estimate of drug-likeness (QED) is 0.456. The standard InChI is InChI=1S/C20H32/c1-5-15-6-2-12-19(16(7-1)14-13-15)20-17-8-3-9-18(20)11-4-10-17/h15-18H,1-14H2. The fourth-order valence-corrected chi connectivity index (χ4v) is 6.17. The highest BCUT2D eigenvalue weighted by molar-refractivity contribution is 5.26. The van der Waals surface area contributed by atoms with Crippen molar-refractivity contribution in [3.63, 3.8) is 0 Å². The topological polar surface area (TPSA) is 0 Å². The molecule has 0 aromatic carbocycles. The largest absolute Gasteiger partial charge is 0.0673 e. The Bertz CT molecular complexity index is 353. The summed E-state index contributed by atoms with van der Waals surface area (Å²) in [6.45, 7) is 0. The zero-order chi connectivity index (χ0) is 13.4. The Morgan fingerprint density at radius 3 is 1.85 bits per heavy atom. The number of rotatable bonds is 0. The third-order valence-electron chi connectivity index (χ3n) is 7.10. The summed E-state index contributed by atoms with van der Waals surface area (Å²) in [5, 5.41) is 0. The van der Waals surface area contributed by atoms with Gasteiger partial charge < -0.3 is 0 Å². The SMILES string of the molecule is C1CC(=C2C3CCCC2CCC3)C2CCCC(C1)CC2. The molecule has 0 N–H and O–H groups in total. The molecule has 0 nitrogen and oxygen atoms in total. The summed E-state index contributed by atoms with van der Waals surface area (Å²) in [4.78, 5) is 0. The van der Waals surface area contributed by atoms with Crippen LogP contribution in [0.2, 0.25) is 0 Å². The summed E-state index contributed by atoms with van der Waals surface area (Å²) in [5.41, 5.74) is 4.08. The molecule has 0 amide bonds. The molecule has 2 atom stereocenters. The van der Waals surface area contributed by atoms with E-state index in [4.69, 9.17) is 0 Å². The van der Waals surface area contributed by atoms with E-state index in [-0.39, 0.29) is 0 Å². The first-order valence-electron chi connectivity index (χ1n) is 9.64. The van der Waals surface area contributed by atoms with E-state index in [9.17, 15) is 0 Å². The highest BCUT2D eigenvalue weighted by atomic mass is 14.4. The van der Waals surface area contributed by atoms with Crippen LogP contribution in [-0.4, -0.2) is 0 Å². The fraction of sp³-hybridized carbons (Fsp3) is 0.900. The smallest absolute Gasteiger partial charge is 0.0198 e. The Morgan fingerprint density at radius 1 is 0.500 bits per heavy atom. The van der Waals surface area contributed by atoms with Gasteiger partial charge in [0.2, 0.25) is 0 Å². The van der Waals surface area contributed by atoms with Crippen LogP contribution in [0.1, 0.15) is 89.9 Å². The van der Waals surface area contributed by atoms with Gasteiger partial charge in [-0.1, -0.05) is 43.3 Å². The molecule has 0 aromatic rings. The summed E-state index contributed by atoms with van der Waals surface area (Å²) in [6, 6.07) is 0. The molecule has 4 bridgehead atoms. The van der Waals surface area contributed by atoms with E-state index in [0.29, 0.717) is 0 Å². The Morgan fingerprint density at radius 2 is 1.10 bits per heavy atom. The minimum atomic E-state index is 1.01. The van der Waals surface area contributed by atoms with E-state index in [1.54, 1.807) is 25.7 Å². The van der Waals surface area contributed by atoms with Crippen molar-refractivity contribution in [3.8, 4) is 0 Å². The monoisotopic (exact) mass is 272 g/mol.